The molecule has 0 amide bonds. The molecule has 1 N–H and O–H groups in total. The number of alkyl halides is 2. The zero-order valence-electron chi connectivity index (χ0n) is 15.4. The first-order valence-electron chi connectivity index (χ1n) is 9.16. The van der Waals surface area contributed by atoms with Gasteiger partial charge in [-0.2, -0.15) is 0 Å². The van der Waals surface area contributed by atoms with Gasteiger partial charge in [-0.1, -0.05) is 6.08 Å². The monoisotopic (exact) mass is 391 g/mol. The quantitative estimate of drug-likeness (QED) is 0.864. The number of rotatable bonds is 4. The fraction of sp³-hybridized carbons (Fsp3) is 0.400. The molecule has 0 saturated heterocycles. The summed E-state index contributed by atoms with van der Waals surface area (Å²) in [5.74, 6) is -2.09. The second-order valence-electron chi connectivity index (χ2n) is 7.10. The summed E-state index contributed by atoms with van der Waals surface area (Å²) in [6.07, 6.45) is 2.94. The highest BCUT2D eigenvalue weighted by Gasteiger charge is 2.31. The van der Waals surface area contributed by atoms with Crippen LogP contribution in [0, 0.1) is 5.82 Å². The van der Waals surface area contributed by atoms with Crippen molar-refractivity contribution < 1.29 is 17.9 Å². The van der Waals surface area contributed by atoms with Gasteiger partial charge in [-0.15, -0.1) is 0 Å². The van der Waals surface area contributed by atoms with Crippen LogP contribution in [0.25, 0.3) is 5.57 Å². The van der Waals surface area contributed by atoms with E-state index >= 15 is 0 Å². The third-order valence-corrected chi connectivity index (χ3v) is 5.29. The molecule has 0 saturated carbocycles. The zero-order chi connectivity index (χ0) is 19.9. The van der Waals surface area contributed by atoms with E-state index in [1.807, 2.05) is 0 Å². The Kier molecular flexibility index (Phi) is 4.64. The Labute approximate surface area is 159 Å². The van der Waals surface area contributed by atoms with Gasteiger partial charge in [-0.3, -0.25) is 9.36 Å². The summed E-state index contributed by atoms with van der Waals surface area (Å²) in [5.41, 5.74) is 1.90. The summed E-state index contributed by atoms with van der Waals surface area (Å²) in [7, 11) is 1.55. The highest BCUT2D eigenvalue weighted by Crippen LogP contribution is 2.35. The van der Waals surface area contributed by atoms with Crippen LogP contribution in [0.5, 0.6) is 5.75 Å². The van der Waals surface area contributed by atoms with Crippen molar-refractivity contribution in [3.8, 4) is 5.75 Å². The van der Waals surface area contributed by atoms with Crippen LogP contribution in [0.2, 0.25) is 0 Å². The molecular weight excluding hydrogens is 371 g/mol. The lowest BCUT2D eigenvalue weighted by molar-refractivity contribution is -0.00604. The molecule has 2 heterocycles. The van der Waals surface area contributed by atoms with Gasteiger partial charge in [-0.05, 0) is 24.1 Å². The van der Waals surface area contributed by atoms with E-state index in [0.29, 0.717) is 35.5 Å². The molecule has 1 aromatic carbocycles. The topological polar surface area (TPSA) is 56.1 Å². The number of aromatic nitrogens is 2. The molecule has 0 unspecified atom stereocenters. The summed E-state index contributed by atoms with van der Waals surface area (Å²) < 4.78 is 47.7. The first-order chi connectivity index (χ1) is 13.4. The highest BCUT2D eigenvalue weighted by molar-refractivity contribution is 5.65. The average Bonchev–Trinajstić information content (AvgIpc) is 3.13. The van der Waals surface area contributed by atoms with Crippen molar-refractivity contribution >= 4 is 11.5 Å². The van der Waals surface area contributed by atoms with E-state index in [2.05, 4.69) is 10.3 Å². The van der Waals surface area contributed by atoms with Crippen molar-refractivity contribution in [1.82, 2.24) is 9.55 Å². The predicted octanol–water partition coefficient (Wildman–Crippen LogP) is 3.67. The number of anilines is 1. The molecule has 148 valence electrons. The maximum atomic E-state index is 14.2. The summed E-state index contributed by atoms with van der Waals surface area (Å²) in [6, 6.07) is 2.98. The van der Waals surface area contributed by atoms with E-state index in [1.54, 1.807) is 13.1 Å². The number of nitrogens with one attached hydrogen (secondary N) is 1. The van der Waals surface area contributed by atoms with Crippen LogP contribution in [0.1, 0.15) is 36.0 Å². The van der Waals surface area contributed by atoms with Gasteiger partial charge in [0.2, 0.25) is 5.95 Å². The van der Waals surface area contributed by atoms with Gasteiger partial charge in [-0.25, -0.2) is 18.2 Å². The Balaban J connectivity index is 1.56. The van der Waals surface area contributed by atoms with Crippen LogP contribution in [0.3, 0.4) is 0 Å². The Hall–Kier alpha value is -2.77. The maximum absolute atomic E-state index is 14.2. The zero-order valence-corrected chi connectivity index (χ0v) is 15.4. The number of benzene rings is 1. The third kappa shape index (κ3) is 3.39. The van der Waals surface area contributed by atoms with Crippen molar-refractivity contribution in [3.63, 3.8) is 0 Å². The Bertz CT molecular complexity index is 1010. The number of hydrogen-bond donors (Lipinski definition) is 1. The normalized spacial score (nSPS) is 17.6. The fourth-order valence-corrected chi connectivity index (χ4v) is 3.64. The van der Waals surface area contributed by atoms with E-state index in [1.165, 1.54) is 22.9 Å². The third-order valence-electron chi connectivity index (χ3n) is 5.29. The molecule has 28 heavy (non-hydrogen) atoms. The molecule has 0 fully saturated rings. The SMILES string of the molecule is Cn1c(NCc2c(F)ccc3c2CCO3)ncc(C2=CCC(F)(F)CC2)c1=O. The van der Waals surface area contributed by atoms with Crippen LogP contribution in [0.15, 0.2) is 29.2 Å². The Morgan fingerprint density at radius 2 is 2.14 bits per heavy atom. The first kappa shape index (κ1) is 18.6. The van der Waals surface area contributed by atoms with Crippen molar-refractivity contribution in [2.24, 2.45) is 7.05 Å². The van der Waals surface area contributed by atoms with Gasteiger partial charge < -0.3 is 10.1 Å². The number of allylic oxidation sites excluding steroid dienone is 2. The lowest BCUT2D eigenvalue weighted by atomic mass is 9.93. The number of hydrogen-bond acceptors (Lipinski definition) is 4. The molecule has 0 radical (unpaired) electrons. The Morgan fingerprint density at radius 3 is 2.89 bits per heavy atom. The van der Waals surface area contributed by atoms with E-state index < -0.39 is 5.92 Å². The van der Waals surface area contributed by atoms with Crippen LogP contribution in [-0.4, -0.2) is 22.1 Å². The van der Waals surface area contributed by atoms with Crippen molar-refractivity contribution in [2.75, 3.05) is 11.9 Å². The minimum absolute atomic E-state index is 0.137. The maximum Gasteiger partial charge on any atom is 0.262 e. The van der Waals surface area contributed by atoms with Crippen LogP contribution >= 0.6 is 0 Å². The minimum Gasteiger partial charge on any atom is -0.493 e. The molecule has 0 atom stereocenters. The smallest absolute Gasteiger partial charge is 0.262 e. The van der Waals surface area contributed by atoms with Gasteiger partial charge in [0.25, 0.3) is 11.5 Å². The number of nitrogens with zero attached hydrogens (tertiary/aromatic N) is 2. The van der Waals surface area contributed by atoms with Gasteiger partial charge >= 0.3 is 0 Å². The summed E-state index contributed by atoms with van der Waals surface area (Å²) in [4.78, 5) is 16.9. The summed E-state index contributed by atoms with van der Waals surface area (Å²) >= 11 is 0. The second-order valence-corrected chi connectivity index (χ2v) is 7.10. The predicted molar refractivity (Wildman–Crippen MR) is 99.2 cm³/mol. The van der Waals surface area contributed by atoms with Crippen molar-refractivity contribution in [2.45, 2.75) is 38.2 Å². The summed E-state index contributed by atoms with van der Waals surface area (Å²) in [5, 5.41) is 3.00. The molecular formula is C20H20F3N3O2. The van der Waals surface area contributed by atoms with Crippen LogP contribution in [-0.2, 0) is 20.0 Å². The van der Waals surface area contributed by atoms with Gasteiger partial charge in [0.05, 0.1) is 12.2 Å². The van der Waals surface area contributed by atoms with Gasteiger partial charge in [0.1, 0.15) is 11.6 Å². The lowest BCUT2D eigenvalue weighted by Crippen LogP contribution is -2.26. The molecule has 1 aliphatic carbocycles. The average molecular weight is 391 g/mol. The standard InChI is InChI=1S/C20H20F3N3O2/c1-26-18(27)14(12-4-7-20(22,23)8-5-12)10-24-19(26)25-11-15-13-6-9-28-17(13)3-2-16(15)21/h2-4,10H,5-9,11H2,1H3,(H,24,25). The first-order valence-corrected chi connectivity index (χ1v) is 9.16. The van der Waals surface area contributed by atoms with Gasteiger partial charge in [0.15, 0.2) is 0 Å². The lowest BCUT2D eigenvalue weighted by Gasteiger charge is -2.21. The van der Waals surface area contributed by atoms with Crippen LogP contribution < -0.4 is 15.6 Å². The molecule has 0 spiro atoms. The molecule has 4 rings (SSSR count). The molecule has 8 heteroatoms. The van der Waals surface area contributed by atoms with Crippen molar-refractivity contribution in [1.29, 1.82) is 0 Å². The molecule has 5 nitrogen and oxygen atoms in total. The van der Waals surface area contributed by atoms with E-state index in [4.69, 9.17) is 4.74 Å². The molecule has 1 aromatic heterocycles. The number of fused-ring (bicyclic) bond motifs is 1. The second kappa shape index (κ2) is 7.00. The summed E-state index contributed by atoms with van der Waals surface area (Å²) in [6.45, 7) is 0.679. The van der Waals surface area contributed by atoms with E-state index in [9.17, 15) is 18.0 Å². The fourth-order valence-electron chi connectivity index (χ4n) is 3.64. The minimum atomic E-state index is -2.71. The number of halogens is 3. The molecule has 2 aliphatic rings. The highest BCUT2D eigenvalue weighted by atomic mass is 19.3. The molecule has 2 aromatic rings. The largest absolute Gasteiger partial charge is 0.493 e. The van der Waals surface area contributed by atoms with E-state index in [0.717, 1.165) is 5.56 Å². The molecule has 1 aliphatic heterocycles. The van der Waals surface area contributed by atoms with E-state index in [-0.39, 0.29) is 43.1 Å². The van der Waals surface area contributed by atoms with Crippen LogP contribution in [0.4, 0.5) is 19.1 Å². The molecule has 0 bridgehead atoms. The van der Waals surface area contributed by atoms with Gasteiger partial charge in [0, 0.05) is 50.2 Å². The van der Waals surface area contributed by atoms with Crippen molar-refractivity contribution in [3.05, 3.63) is 57.3 Å². The Morgan fingerprint density at radius 1 is 1.32 bits per heavy atom. The number of ether oxygens (including phenoxy) is 1.